The third-order valence-electron chi connectivity index (χ3n) is 7.75. The molecule has 2 heterocycles. The number of anilines is 1. The summed E-state index contributed by atoms with van der Waals surface area (Å²) in [6.07, 6.45) is 1.44. The molecule has 0 N–H and O–H groups in total. The van der Waals surface area contributed by atoms with Crippen LogP contribution in [0.3, 0.4) is 0 Å². The van der Waals surface area contributed by atoms with E-state index in [2.05, 4.69) is 17.0 Å². The zero-order chi connectivity index (χ0) is 28.1. The van der Waals surface area contributed by atoms with Crippen molar-refractivity contribution in [3.8, 4) is 0 Å². The van der Waals surface area contributed by atoms with Crippen molar-refractivity contribution in [2.24, 2.45) is 0 Å². The van der Waals surface area contributed by atoms with E-state index in [1.165, 1.54) is 32.9 Å². The fourth-order valence-electron chi connectivity index (χ4n) is 5.39. The van der Waals surface area contributed by atoms with Crippen LogP contribution in [0.4, 0.5) is 14.5 Å². The second kappa shape index (κ2) is 12.4. The molecule has 0 spiro atoms. The second-order valence-electron chi connectivity index (χ2n) is 10.3. The molecule has 40 heavy (non-hydrogen) atoms. The van der Waals surface area contributed by atoms with E-state index in [0.29, 0.717) is 30.9 Å². The molecule has 0 unspecified atom stereocenters. The quantitative estimate of drug-likeness (QED) is 0.316. The van der Waals surface area contributed by atoms with Crippen molar-refractivity contribution >= 4 is 5.69 Å². The Morgan fingerprint density at radius 2 is 1.23 bits per heavy atom. The maximum absolute atomic E-state index is 14.6. The van der Waals surface area contributed by atoms with Crippen LogP contribution in [-0.2, 0) is 25.9 Å². The maximum Gasteiger partial charge on any atom is 0.331 e. The molecule has 1 aromatic heterocycles. The van der Waals surface area contributed by atoms with Crippen LogP contribution in [0, 0.1) is 18.6 Å². The fourth-order valence-corrected chi connectivity index (χ4v) is 5.39. The van der Waals surface area contributed by atoms with Crippen molar-refractivity contribution in [1.29, 1.82) is 0 Å². The summed E-state index contributed by atoms with van der Waals surface area (Å²) in [7, 11) is 0. The van der Waals surface area contributed by atoms with Crippen molar-refractivity contribution in [1.82, 2.24) is 14.0 Å². The molecule has 0 aliphatic carbocycles. The van der Waals surface area contributed by atoms with E-state index in [1.807, 2.05) is 53.4 Å². The molecule has 3 aromatic carbocycles. The normalized spacial score (nSPS) is 14.0. The smallest absolute Gasteiger partial charge is 0.331 e. The Morgan fingerprint density at radius 3 is 1.80 bits per heavy atom. The van der Waals surface area contributed by atoms with E-state index in [0.717, 1.165) is 31.6 Å². The van der Waals surface area contributed by atoms with Crippen LogP contribution in [0.25, 0.3) is 0 Å². The number of aromatic nitrogens is 2. The average molecular weight is 545 g/mol. The molecule has 0 amide bonds. The Kier molecular flexibility index (Phi) is 8.55. The number of aryl methyl sites for hydroxylation is 1. The van der Waals surface area contributed by atoms with Crippen molar-refractivity contribution in [3.63, 3.8) is 0 Å². The molecule has 1 saturated heterocycles. The third-order valence-corrected chi connectivity index (χ3v) is 7.75. The Labute approximate surface area is 232 Å². The summed E-state index contributed by atoms with van der Waals surface area (Å²) in [6.45, 7) is 5.29. The topological polar surface area (TPSA) is 50.5 Å². The number of hydrogen-bond acceptors (Lipinski definition) is 4. The first-order chi connectivity index (χ1) is 19.4. The van der Waals surface area contributed by atoms with E-state index in [1.54, 1.807) is 6.92 Å². The number of hydrogen-bond donors (Lipinski definition) is 0. The number of rotatable bonds is 9. The third kappa shape index (κ3) is 6.07. The first-order valence-corrected chi connectivity index (χ1v) is 13.7. The van der Waals surface area contributed by atoms with E-state index < -0.39 is 17.3 Å². The van der Waals surface area contributed by atoms with Crippen LogP contribution >= 0.6 is 0 Å². The van der Waals surface area contributed by atoms with Gasteiger partial charge in [0.1, 0.15) is 17.3 Å². The van der Waals surface area contributed by atoms with E-state index in [4.69, 9.17) is 0 Å². The highest BCUT2D eigenvalue weighted by Crippen LogP contribution is 2.20. The molecule has 0 saturated carbocycles. The van der Waals surface area contributed by atoms with Gasteiger partial charge in [0.25, 0.3) is 5.56 Å². The van der Waals surface area contributed by atoms with Gasteiger partial charge in [0.15, 0.2) is 0 Å². The SMILES string of the molecule is Cc1c(N2CCN(CCc3ccccc3)CC2)c(=O)n(CCc2ccccc2)c(=O)n1Cc1c(F)cccc1F. The number of halogens is 2. The molecule has 1 fully saturated rings. The molecule has 4 aromatic rings. The highest BCUT2D eigenvalue weighted by molar-refractivity contribution is 5.49. The Morgan fingerprint density at radius 1 is 0.675 bits per heavy atom. The van der Waals surface area contributed by atoms with Gasteiger partial charge in [-0.15, -0.1) is 0 Å². The largest absolute Gasteiger partial charge is 0.363 e. The lowest BCUT2D eigenvalue weighted by Gasteiger charge is -2.36. The number of nitrogens with zero attached hydrogens (tertiary/aromatic N) is 4. The molecule has 8 heteroatoms. The molecule has 1 aliphatic rings. The van der Waals surface area contributed by atoms with E-state index in [9.17, 15) is 18.4 Å². The van der Waals surface area contributed by atoms with Crippen LogP contribution in [0.5, 0.6) is 0 Å². The fraction of sp³-hybridized carbons (Fsp3) is 0.312. The van der Waals surface area contributed by atoms with Crippen molar-refractivity contribution in [2.75, 3.05) is 37.6 Å². The zero-order valence-corrected chi connectivity index (χ0v) is 22.7. The summed E-state index contributed by atoms with van der Waals surface area (Å²) in [6, 6.07) is 23.6. The first-order valence-electron chi connectivity index (χ1n) is 13.7. The molecule has 0 radical (unpaired) electrons. The molecule has 6 nitrogen and oxygen atoms in total. The minimum absolute atomic E-state index is 0.172. The van der Waals surface area contributed by atoms with Gasteiger partial charge in [-0.25, -0.2) is 13.6 Å². The van der Waals surface area contributed by atoms with Crippen LogP contribution in [0.2, 0.25) is 0 Å². The molecular weight excluding hydrogens is 510 g/mol. The maximum atomic E-state index is 14.6. The first kappa shape index (κ1) is 27.5. The Hall–Kier alpha value is -4.04. The summed E-state index contributed by atoms with van der Waals surface area (Å²) in [5.41, 5.74) is 2.01. The van der Waals surface area contributed by atoms with Gasteiger partial charge in [-0.05, 0) is 43.0 Å². The van der Waals surface area contributed by atoms with Gasteiger partial charge in [-0.1, -0.05) is 66.7 Å². The van der Waals surface area contributed by atoms with Crippen LogP contribution in [0.15, 0.2) is 88.5 Å². The lowest BCUT2D eigenvalue weighted by molar-refractivity contribution is 0.260. The molecule has 0 bridgehead atoms. The van der Waals surface area contributed by atoms with Crippen molar-refractivity contribution < 1.29 is 8.78 Å². The van der Waals surface area contributed by atoms with Crippen molar-refractivity contribution in [2.45, 2.75) is 32.9 Å². The lowest BCUT2D eigenvalue weighted by Crippen LogP contribution is -2.51. The second-order valence-corrected chi connectivity index (χ2v) is 10.3. The number of piperazine rings is 1. The predicted octanol–water partition coefficient (Wildman–Crippen LogP) is 4.25. The highest BCUT2D eigenvalue weighted by atomic mass is 19.1. The van der Waals surface area contributed by atoms with Crippen LogP contribution < -0.4 is 16.1 Å². The van der Waals surface area contributed by atoms with Gasteiger partial charge in [0.05, 0.1) is 6.54 Å². The highest BCUT2D eigenvalue weighted by Gasteiger charge is 2.25. The predicted molar refractivity (Wildman–Crippen MR) is 154 cm³/mol. The minimum Gasteiger partial charge on any atom is -0.363 e. The molecular formula is C32H34F2N4O2. The summed E-state index contributed by atoms with van der Waals surface area (Å²) < 4.78 is 31.8. The molecule has 0 atom stereocenters. The summed E-state index contributed by atoms with van der Waals surface area (Å²) in [4.78, 5) is 31.8. The summed E-state index contributed by atoms with van der Waals surface area (Å²) in [5, 5.41) is 0. The van der Waals surface area contributed by atoms with Crippen LogP contribution in [0.1, 0.15) is 22.4 Å². The Balaban J connectivity index is 1.44. The minimum atomic E-state index is -0.720. The van der Waals surface area contributed by atoms with Gasteiger partial charge in [-0.3, -0.25) is 18.8 Å². The number of benzene rings is 3. The molecule has 208 valence electrons. The molecule has 5 rings (SSSR count). The Bertz CT molecular complexity index is 1540. The monoisotopic (exact) mass is 544 g/mol. The van der Waals surface area contributed by atoms with Crippen molar-refractivity contribution in [3.05, 3.63) is 134 Å². The van der Waals surface area contributed by atoms with Crippen LogP contribution in [-0.4, -0.2) is 46.8 Å². The van der Waals surface area contributed by atoms with Gasteiger partial charge >= 0.3 is 5.69 Å². The zero-order valence-electron chi connectivity index (χ0n) is 22.7. The van der Waals surface area contributed by atoms with Gasteiger partial charge < -0.3 is 4.90 Å². The summed E-state index contributed by atoms with van der Waals surface area (Å²) in [5.74, 6) is -1.44. The van der Waals surface area contributed by atoms with Gasteiger partial charge in [0.2, 0.25) is 0 Å². The van der Waals surface area contributed by atoms with E-state index >= 15 is 0 Å². The lowest BCUT2D eigenvalue weighted by atomic mass is 10.1. The van der Waals surface area contributed by atoms with E-state index in [-0.39, 0.29) is 24.2 Å². The molecule has 1 aliphatic heterocycles. The van der Waals surface area contributed by atoms with Gasteiger partial charge in [0, 0.05) is 50.5 Å². The standard InChI is InChI=1S/C32H34F2N4O2/c1-24-30(36-21-19-35(20-22-36)17-15-25-9-4-2-5-10-25)31(39)37(18-16-26-11-6-3-7-12-26)32(40)38(24)23-27-28(33)13-8-14-29(27)34/h2-14H,15-23H2,1H3. The summed E-state index contributed by atoms with van der Waals surface area (Å²) >= 11 is 0. The average Bonchev–Trinajstić information content (AvgIpc) is 2.97. The van der Waals surface area contributed by atoms with Gasteiger partial charge in [-0.2, -0.15) is 0 Å².